The minimum Gasteiger partial charge on any atom is -0.493 e. The number of aromatic nitrogens is 3. The van der Waals surface area contributed by atoms with Gasteiger partial charge in [-0.15, -0.1) is 0 Å². The lowest BCUT2D eigenvalue weighted by Crippen LogP contribution is -2.27. The molecule has 7 heteroatoms. The van der Waals surface area contributed by atoms with Gasteiger partial charge in [0.15, 0.2) is 0 Å². The molecule has 1 amide bonds. The van der Waals surface area contributed by atoms with Crippen LogP contribution in [-0.4, -0.2) is 39.6 Å². The summed E-state index contributed by atoms with van der Waals surface area (Å²) in [5.74, 6) is -0.559. The molecular weight excluding hydrogens is 383 g/mol. The Kier molecular flexibility index (Phi) is 5.43. The van der Waals surface area contributed by atoms with Crippen LogP contribution in [0.1, 0.15) is 22.8 Å². The third kappa shape index (κ3) is 3.74. The number of nitrogens with one attached hydrogen (secondary N) is 1. The van der Waals surface area contributed by atoms with Gasteiger partial charge in [-0.25, -0.2) is 4.39 Å². The van der Waals surface area contributed by atoms with Gasteiger partial charge in [-0.3, -0.25) is 14.9 Å². The molecular formula is C23H21FN4O2. The number of aromatic amines is 1. The number of hydrogen-bond donors (Lipinski definition) is 1. The number of amides is 1. The molecule has 0 spiro atoms. The van der Waals surface area contributed by atoms with E-state index in [9.17, 15) is 9.18 Å². The summed E-state index contributed by atoms with van der Waals surface area (Å²) in [6.45, 7) is 2.52. The first-order valence-corrected chi connectivity index (χ1v) is 9.61. The number of H-pyrrole nitrogens is 1. The van der Waals surface area contributed by atoms with Crippen LogP contribution in [0.15, 0.2) is 61.1 Å². The first kappa shape index (κ1) is 19.6. The number of benzene rings is 2. The summed E-state index contributed by atoms with van der Waals surface area (Å²) in [4.78, 5) is 18.7. The number of nitrogens with zero attached hydrogens (tertiary/aromatic N) is 3. The minimum absolute atomic E-state index is 0.0367. The molecule has 4 rings (SSSR count). The van der Waals surface area contributed by atoms with E-state index in [1.54, 1.807) is 25.6 Å². The predicted octanol–water partition coefficient (Wildman–Crippen LogP) is 4.43. The molecule has 0 aliphatic carbocycles. The summed E-state index contributed by atoms with van der Waals surface area (Å²) in [6.07, 6.45) is 5.04. The summed E-state index contributed by atoms with van der Waals surface area (Å²) in [6, 6.07) is 12.2. The molecule has 0 radical (unpaired) electrons. The fraction of sp³-hybridized carbons (Fsp3) is 0.174. The van der Waals surface area contributed by atoms with Crippen molar-refractivity contribution in [2.45, 2.75) is 13.5 Å². The molecule has 1 N–H and O–H groups in total. The number of hydrogen-bond acceptors (Lipinski definition) is 4. The van der Waals surface area contributed by atoms with Crippen molar-refractivity contribution in [2.75, 3.05) is 13.7 Å². The van der Waals surface area contributed by atoms with Crippen LogP contribution < -0.4 is 4.74 Å². The lowest BCUT2D eigenvalue weighted by molar-refractivity contribution is 0.0780. The van der Waals surface area contributed by atoms with Crippen LogP contribution >= 0.6 is 0 Å². The average Bonchev–Trinajstić information content (AvgIpc) is 3.25. The Morgan fingerprint density at radius 3 is 2.73 bits per heavy atom. The molecule has 0 saturated carbocycles. The van der Waals surface area contributed by atoms with Gasteiger partial charge in [-0.1, -0.05) is 30.3 Å². The largest absolute Gasteiger partial charge is 0.493 e. The highest BCUT2D eigenvalue weighted by Gasteiger charge is 2.21. The number of pyridine rings is 1. The Bertz CT molecular complexity index is 1190. The second-order valence-electron chi connectivity index (χ2n) is 6.92. The van der Waals surface area contributed by atoms with Gasteiger partial charge in [-0.2, -0.15) is 5.10 Å². The fourth-order valence-electron chi connectivity index (χ4n) is 3.41. The molecule has 2 aromatic heterocycles. The van der Waals surface area contributed by atoms with Gasteiger partial charge in [0.1, 0.15) is 11.6 Å². The van der Waals surface area contributed by atoms with Gasteiger partial charge in [0.25, 0.3) is 5.91 Å². The monoisotopic (exact) mass is 404 g/mol. The molecule has 0 saturated heterocycles. The predicted molar refractivity (Wildman–Crippen MR) is 113 cm³/mol. The summed E-state index contributed by atoms with van der Waals surface area (Å²) in [5.41, 5.74) is 3.00. The zero-order chi connectivity index (χ0) is 21.1. The summed E-state index contributed by atoms with van der Waals surface area (Å²) in [7, 11) is 1.63. The number of rotatable bonds is 6. The van der Waals surface area contributed by atoms with E-state index in [0.717, 1.165) is 22.0 Å². The van der Waals surface area contributed by atoms with E-state index in [0.29, 0.717) is 17.9 Å². The Balaban J connectivity index is 1.66. The molecule has 2 heterocycles. The topological polar surface area (TPSA) is 71.1 Å². The van der Waals surface area contributed by atoms with Gasteiger partial charge in [0, 0.05) is 42.5 Å². The van der Waals surface area contributed by atoms with Crippen molar-refractivity contribution in [1.29, 1.82) is 0 Å². The maximum absolute atomic E-state index is 15.0. The quantitative estimate of drug-likeness (QED) is 0.516. The average molecular weight is 404 g/mol. The maximum atomic E-state index is 15.0. The van der Waals surface area contributed by atoms with E-state index in [2.05, 4.69) is 15.2 Å². The molecule has 6 nitrogen and oxygen atoms in total. The summed E-state index contributed by atoms with van der Waals surface area (Å²) < 4.78 is 20.7. The van der Waals surface area contributed by atoms with Crippen molar-refractivity contribution in [3.05, 3.63) is 78.0 Å². The highest BCUT2D eigenvalue weighted by atomic mass is 19.1. The second-order valence-corrected chi connectivity index (χ2v) is 6.92. The molecule has 0 bridgehead atoms. The number of ether oxygens (including phenoxy) is 1. The molecule has 30 heavy (non-hydrogen) atoms. The molecule has 0 fully saturated rings. The van der Waals surface area contributed by atoms with E-state index >= 15 is 0 Å². The molecule has 0 unspecified atom stereocenters. The van der Waals surface area contributed by atoms with Gasteiger partial charge in [0.05, 0.1) is 23.9 Å². The molecule has 2 aromatic carbocycles. The van der Waals surface area contributed by atoms with Gasteiger partial charge in [0.2, 0.25) is 0 Å². The standard InChI is InChI=1S/C23H21FN4O2/c1-3-30-21-10-19(20(24)9-18(21)15-7-5-4-6-8-15)23(29)28(2)14-17-12-25-11-16-13-26-27-22(16)17/h4-13H,3,14H2,1-2H3,(H,26,27). The molecule has 152 valence electrons. The normalized spacial score (nSPS) is 10.9. The number of carbonyl (C=O) groups is 1. The molecule has 4 aromatic rings. The van der Waals surface area contributed by atoms with Gasteiger partial charge in [-0.05, 0) is 24.6 Å². The van der Waals surface area contributed by atoms with E-state index in [4.69, 9.17) is 4.74 Å². The van der Waals surface area contributed by atoms with Gasteiger partial charge >= 0.3 is 0 Å². The smallest absolute Gasteiger partial charge is 0.257 e. The van der Waals surface area contributed by atoms with Crippen molar-refractivity contribution in [2.24, 2.45) is 0 Å². The van der Waals surface area contributed by atoms with Crippen molar-refractivity contribution in [3.63, 3.8) is 0 Å². The summed E-state index contributed by atoms with van der Waals surface area (Å²) in [5, 5.41) is 7.78. The highest BCUT2D eigenvalue weighted by Crippen LogP contribution is 2.33. The van der Waals surface area contributed by atoms with Crippen LogP contribution in [0.3, 0.4) is 0 Å². The van der Waals surface area contributed by atoms with Gasteiger partial charge < -0.3 is 9.64 Å². The van der Waals surface area contributed by atoms with Crippen molar-refractivity contribution < 1.29 is 13.9 Å². The minimum atomic E-state index is -0.591. The molecule has 0 aliphatic rings. The highest BCUT2D eigenvalue weighted by molar-refractivity contribution is 5.96. The van der Waals surface area contributed by atoms with Crippen molar-refractivity contribution >= 4 is 16.8 Å². The van der Waals surface area contributed by atoms with E-state index in [-0.39, 0.29) is 12.1 Å². The Morgan fingerprint density at radius 2 is 1.97 bits per heavy atom. The Labute approximate surface area is 173 Å². The van der Waals surface area contributed by atoms with Crippen molar-refractivity contribution in [1.82, 2.24) is 20.1 Å². The van der Waals surface area contributed by atoms with Crippen LogP contribution in [-0.2, 0) is 6.54 Å². The van der Waals surface area contributed by atoms with E-state index in [1.807, 2.05) is 37.3 Å². The van der Waals surface area contributed by atoms with Crippen LogP contribution in [0, 0.1) is 5.82 Å². The number of carbonyl (C=O) groups excluding carboxylic acids is 1. The van der Waals surface area contributed by atoms with E-state index < -0.39 is 11.7 Å². The van der Waals surface area contributed by atoms with E-state index in [1.165, 1.54) is 17.0 Å². The number of halogens is 1. The molecule has 0 atom stereocenters. The summed E-state index contributed by atoms with van der Waals surface area (Å²) >= 11 is 0. The van der Waals surface area contributed by atoms with Crippen LogP contribution in [0.2, 0.25) is 0 Å². The zero-order valence-corrected chi connectivity index (χ0v) is 16.7. The van der Waals surface area contributed by atoms with Crippen molar-refractivity contribution in [3.8, 4) is 16.9 Å². The number of fused-ring (bicyclic) bond motifs is 1. The first-order chi connectivity index (χ1) is 14.6. The lowest BCUT2D eigenvalue weighted by Gasteiger charge is -2.19. The maximum Gasteiger partial charge on any atom is 0.257 e. The third-order valence-corrected chi connectivity index (χ3v) is 4.87. The SMILES string of the molecule is CCOc1cc(C(=O)N(C)Cc2cncc3cn[nH]c23)c(F)cc1-c1ccccc1. The third-order valence-electron chi connectivity index (χ3n) is 4.87. The van der Waals surface area contributed by atoms with Crippen LogP contribution in [0.25, 0.3) is 22.0 Å². The zero-order valence-electron chi connectivity index (χ0n) is 16.7. The second kappa shape index (κ2) is 8.32. The Hall–Kier alpha value is -3.74. The Morgan fingerprint density at radius 1 is 1.17 bits per heavy atom. The van der Waals surface area contributed by atoms with Crippen LogP contribution in [0.5, 0.6) is 5.75 Å². The lowest BCUT2D eigenvalue weighted by atomic mass is 10.0. The first-order valence-electron chi connectivity index (χ1n) is 9.61. The fourth-order valence-corrected chi connectivity index (χ4v) is 3.41. The molecule has 0 aliphatic heterocycles. The van der Waals surface area contributed by atoms with Crippen LogP contribution in [0.4, 0.5) is 4.39 Å².